The van der Waals surface area contributed by atoms with Crippen LogP contribution >= 0.6 is 25.4 Å². The van der Waals surface area contributed by atoms with Gasteiger partial charge in [0, 0.05) is 4.90 Å². The third-order valence-corrected chi connectivity index (χ3v) is 2.93. The van der Waals surface area contributed by atoms with Gasteiger partial charge in [-0.25, -0.2) is 0 Å². The Morgan fingerprint density at radius 1 is 1.06 bits per heavy atom. The molecule has 0 fully saturated rings. The molecule has 2 aromatic carbocycles. The van der Waals surface area contributed by atoms with Crippen molar-refractivity contribution in [3.8, 4) is 11.1 Å². The fraction of sp³-hybridized carbons (Fsp3) is 0.0769. The molecule has 2 aromatic rings. The summed E-state index contributed by atoms with van der Waals surface area (Å²) in [5.41, 5.74) is 2.56. The molecule has 0 aliphatic heterocycles. The van der Waals surface area contributed by atoms with Crippen LogP contribution in [0.3, 0.4) is 0 Å². The maximum atomic E-state index is 3.06. The SMILES string of the molecule is CSc1ccccc1-c1cc[c-]cc1.[Zn+][Br]. The van der Waals surface area contributed by atoms with E-state index >= 15 is 0 Å². The first-order chi connectivity index (χ1) is 7.92. The van der Waals surface area contributed by atoms with Crippen molar-refractivity contribution in [3.63, 3.8) is 0 Å². The molecule has 0 amide bonds. The average molecular weight is 345 g/mol. The van der Waals surface area contributed by atoms with E-state index in [0.29, 0.717) is 0 Å². The van der Waals surface area contributed by atoms with Gasteiger partial charge in [-0.15, -0.1) is 17.3 Å². The third-order valence-electron chi connectivity index (χ3n) is 2.14. The number of thioether (sulfide) groups is 1. The molecule has 2 rings (SSSR count). The molecule has 0 saturated heterocycles. The van der Waals surface area contributed by atoms with Crippen molar-refractivity contribution >= 4 is 25.4 Å². The molecule has 0 nitrogen and oxygen atoms in total. The Labute approximate surface area is 118 Å². The van der Waals surface area contributed by atoms with Gasteiger partial charge in [-0.2, -0.15) is 30.3 Å². The molecule has 0 aliphatic carbocycles. The molecule has 3 heteroatoms. The minimum absolute atomic E-state index is 1.19. The molecule has 0 saturated carbocycles. The summed E-state index contributed by atoms with van der Waals surface area (Å²) in [6.07, 6.45) is 2.11. The van der Waals surface area contributed by atoms with Gasteiger partial charge in [0.25, 0.3) is 0 Å². The van der Waals surface area contributed by atoms with Gasteiger partial charge in [0.1, 0.15) is 0 Å². The van der Waals surface area contributed by atoms with E-state index in [0.717, 1.165) is 0 Å². The predicted molar refractivity (Wildman–Crippen MR) is 71.4 cm³/mol. The van der Waals surface area contributed by atoms with Crippen molar-refractivity contribution in [2.75, 3.05) is 6.26 Å². The van der Waals surface area contributed by atoms with Gasteiger partial charge in [-0.3, -0.25) is 0 Å². The Morgan fingerprint density at radius 2 is 1.69 bits per heavy atom. The number of hydrogen-bond acceptors (Lipinski definition) is 1. The molecule has 0 atom stereocenters. The summed E-state index contributed by atoms with van der Waals surface area (Å²) in [5, 5.41) is 0. The Morgan fingerprint density at radius 3 is 2.31 bits per heavy atom. The predicted octanol–water partition coefficient (Wildman–Crippen LogP) is 4.72. The quantitative estimate of drug-likeness (QED) is 0.431. The van der Waals surface area contributed by atoms with Gasteiger partial charge < -0.3 is 0 Å². The molecular formula is C13H11BrSZn. The fourth-order valence-electron chi connectivity index (χ4n) is 1.45. The van der Waals surface area contributed by atoms with Gasteiger partial charge >= 0.3 is 30.0 Å². The second-order valence-electron chi connectivity index (χ2n) is 2.99. The number of benzene rings is 2. The third kappa shape index (κ3) is 3.73. The van der Waals surface area contributed by atoms with E-state index in [9.17, 15) is 0 Å². The summed E-state index contributed by atoms with van der Waals surface area (Å²) in [7, 11) is 0. The standard InChI is InChI=1S/C13H11S.BrH.Zn/c1-14-13-10-6-5-9-12(13)11-7-3-2-4-8-11;;/h3-10H,1H3;1H;/q-1;;+2/p-1. The molecule has 0 spiro atoms. The first kappa shape index (κ1) is 14.0. The van der Waals surface area contributed by atoms with Crippen molar-refractivity contribution in [3.05, 3.63) is 54.6 Å². The Kier molecular flexibility index (Phi) is 7.02. The molecule has 0 heterocycles. The molecular weight excluding hydrogens is 334 g/mol. The number of hydrogen-bond donors (Lipinski definition) is 0. The minimum atomic E-state index is 1.19. The van der Waals surface area contributed by atoms with Crippen molar-refractivity contribution < 1.29 is 16.3 Å². The fourth-order valence-corrected chi connectivity index (χ4v) is 2.07. The summed E-state index contributed by atoms with van der Waals surface area (Å²) in [4.78, 5) is 1.32. The van der Waals surface area contributed by atoms with Crippen LogP contribution in [0.2, 0.25) is 0 Å². The molecule has 0 radical (unpaired) electrons. The van der Waals surface area contributed by atoms with Crippen LogP contribution in [0.1, 0.15) is 0 Å². The summed E-state index contributed by atoms with van der Waals surface area (Å²) in [6, 6.07) is 19.6. The number of halogens is 1. The zero-order chi connectivity index (χ0) is 11.8. The van der Waals surface area contributed by atoms with E-state index in [-0.39, 0.29) is 0 Å². The molecule has 78 valence electrons. The van der Waals surface area contributed by atoms with Crippen LogP contribution in [-0.2, 0) is 16.3 Å². The second kappa shape index (κ2) is 8.05. The van der Waals surface area contributed by atoms with Crippen molar-refractivity contribution in [1.29, 1.82) is 0 Å². The summed E-state index contributed by atoms with van der Waals surface area (Å²) in [5.74, 6) is 0. The van der Waals surface area contributed by atoms with Crippen LogP contribution in [0.25, 0.3) is 11.1 Å². The van der Waals surface area contributed by atoms with Crippen LogP contribution < -0.4 is 0 Å². The van der Waals surface area contributed by atoms with Crippen molar-refractivity contribution in [2.24, 2.45) is 0 Å². The van der Waals surface area contributed by atoms with Crippen molar-refractivity contribution in [2.45, 2.75) is 4.90 Å². The zero-order valence-electron chi connectivity index (χ0n) is 9.11. The van der Waals surface area contributed by atoms with E-state index in [1.807, 2.05) is 12.1 Å². The maximum absolute atomic E-state index is 3.06. The molecule has 0 bridgehead atoms. The summed E-state index contributed by atoms with van der Waals surface area (Å²) >= 11 is 6.03. The van der Waals surface area contributed by atoms with E-state index in [1.165, 1.54) is 32.4 Å². The summed E-state index contributed by atoms with van der Waals surface area (Å²) < 4.78 is 0. The first-order valence-electron chi connectivity index (χ1n) is 4.78. The van der Waals surface area contributed by atoms with Crippen LogP contribution in [0.4, 0.5) is 0 Å². The second-order valence-corrected chi connectivity index (χ2v) is 3.84. The van der Waals surface area contributed by atoms with Crippen LogP contribution in [0, 0.1) is 6.07 Å². The van der Waals surface area contributed by atoms with Gasteiger partial charge in [-0.05, 0) is 17.9 Å². The van der Waals surface area contributed by atoms with E-state index in [4.69, 9.17) is 0 Å². The molecule has 16 heavy (non-hydrogen) atoms. The van der Waals surface area contributed by atoms with E-state index < -0.39 is 0 Å². The molecule has 0 aromatic heterocycles. The van der Waals surface area contributed by atoms with Gasteiger partial charge in [0.15, 0.2) is 0 Å². The van der Waals surface area contributed by atoms with Crippen LogP contribution in [0.5, 0.6) is 0 Å². The van der Waals surface area contributed by atoms with Gasteiger partial charge in [0.05, 0.1) is 0 Å². The topological polar surface area (TPSA) is 0 Å². The van der Waals surface area contributed by atoms with Gasteiger partial charge in [-0.1, -0.05) is 18.2 Å². The average Bonchev–Trinajstić information content (AvgIpc) is 2.42. The van der Waals surface area contributed by atoms with Crippen molar-refractivity contribution in [1.82, 2.24) is 0 Å². The molecule has 0 N–H and O–H groups in total. The van der Waals surface area contributed by atoms with Crippen LogP contribution in [-0.4, -0.2) is 6.26 Å². The van der Waals surface area contributed by atoms with E-state index in [2.05, 4.69) is 62.3 Å². The van der Waals surface area contributed by atoms with Gasteiger partial charge in [0.2, 0.25) is 0 Å². The Hall–Kier alpha value is -0.107. The van der Waals surface area contributed by atoms with E-state index in [1.54, 1.807) is 11.8 Å². The first-order valence-corrected chi connectivity index (χ1v) is 13.0. The number of rotatable bonds is 2. The monoisotopic (exact) mass is 342 g/mol. The summed E-state index contributed by atoms with van der Waals surface area (Å²) in [6.45, 7) is 0. The van der Waals surface area contributed by atoms with Crippen LogP contribution in [0.15, 0.2) is 53.4 Å². The molecule has 0 unspecified atom stereocenters. The Balaban J connectivity index is 0.000000606. The zero-order valence-corrected chi connectivity index (χ0v) is 14.5. The molecule has 0 aliphatic rings. The normalized spacial score (nSPS) is 9.25. The Bertz CT molecular complexity index is 417.